The highest BCUT2D eigenvalue weighted by Gasteiger charge is 2.15. The maximum absolute atomic E-state index is 4.94. The molecule has 6 heteroatoms. The van der Waals surface area contributed by atoms with Crippen molar-refractivity contribution in [3.05, 3.63) is 218 Å². The van der Waals surface area contributed by atoms with Crippen LogP contribution in [0.1, 0.15) is 0 Å². The number of hydrogen-bond acceptors (Lipinski definition) is 6. The fourth-order valence-electron chi connectivity index (χ4n) is 7.26. The summed E-state index contributed by atoms with van der Waals surface area (Å²) < 4.78 is 0. The van der Waals surface area contributed by atoms with Gasteiger partial charge < -0.3 is 0 Å². The van der Waals surface area contributed by atoms with Crippen molar-refractivity contribution in [1.29, 1.82) is 0 Å². The summed E-state index contributed by atoms with van der Waals surface area (Å²) in [4.78, 5) is 29.5. The zero-order valence-electron chi connectivity index (χ0n) is 32.5. The van der Waals surface area contributed by atoms with Gasteiger partial charge in [0.1, 0.15) is 0 Å². The summed E-state index contributed by atoms with van der Waals surface area (Å²) in [6.45, 7) is 0. The Labute approximate surface area is 348 Å². The molecule has 0 aliphatic rings. The van der Waals surface area contributed by atoms with E-state index >= 15 is 0 Å². The Bertz CT molecular complexity index is 2730. The van der Waals surface area contributed by atoms with E-state index in [1.54, 1.807) is 0 Å². The van der Waals surface area contributed by atoms with Gasteiger partial charge in [-0.2, -0.15) is 0 Å². The van der Waals surface area contributed by atoms with Crippen molar-refractivity contribution in [2.75, 3.05) is 0 Å². The minimum Gasteiger partial charge on any atom is -0.208 e. The molecule has 60 heavy (non-hydrogen) atoms. The molecular weight excluding hydrogens is 733 g/mol. The standard InChI is InChI=1S/C54H36N6/c1-6-16-37(17-7-1)46-34-47(38-26-30-44(31-27-38)53-57-49(40-18-8-2-9-19-40)55-50(58-53)41-20-10-3-11-21-41)36-48(35-46)39-28-32-45(33-29-39)54-59-51(42-22-12-4-13-23-42)56-52(60-54)43-24-14-5-15-25-43/h1-36H. The molecule has 8 aromatic carbocycles. The van der Waals surface area contributed by atoms with E-state index in [0.717, 1.165) is 66.8 Å². The minimum atomic E-state index is 0.623. The monoisotopic (exact) mass is 768 g/mol. The molecule has 0 aliphatic heterocycles. The summed E-state index contributed by atoms with van der Waals surface area (Å²) in [5.74, 6) is 3.80. The molecule has 0 amide bonds. The van der Waals surface area contributed by atoms with Gasteiger partial charge in [-0.25, -0.2) is 29.9 Å². The van der Waals surface area contributed by atoms with Crippen LogP contribution >= 0.6 is 0 Å². The zero-order chi connectivity index (χ0) is 40.1. The van der Waals surface area contributed by atoms with Gasteiger partial charge in [0.25, 0.3) is 0 Å². The Kier molecular flexibility index (Phi) is 9.84. The predicted octanol–water partition coefficient (Wildman–Crippen LogP) is 13.1. The molecule has 0 saturated carbocycles. The second kappa shape index (κ2) is 16.3. The van der Waals surface area contributed by atoms with Crippen LogP contribution in [0.3, 0.4) is 0 Å². The first-order chi connectivity index (χ1) is 29.7. The normalized spacial score (nSPS) is 11.0. The zero-order valence-corrected chi connectivity index (χ0v) is 32.5. The van der Waals surface area contributed by atoms with Gasteiger partial charge in [0.15, 0.2) is 34.9 Å². The number of benzene rings is 8. The Morgan fingerprint density at radius 3 is 0.550 bits per heavy atom. The van der Waals surface area contributed by atoms with Crippen LogP contribution in [0.15, 0.2) is 218 Å². The topological polar surface area (TPSA) is 77.3 Å². The number of hydrogen-bond donors (Lipinski definition) is 0. The minimum absolute atomic E-state index is 0.623. The maximum Gasteiger partial charge on any atom is 0.164 e. The molecule has 0 radical (unpaired) electrons. The summed E-state index contributed by atoms with van der Waals surface area (Å²) >= 11 is 0. The van der Waals surface area contributed by atoms with Gasteiger partial charge in [0.2, 0.25) is 0 Å². The van der Waals surface area contributed by atoms with Crippen LogP contribution < -0.4 is 0 Å². The average molecular weight is 769 g/mol. The van der Waals surface area contributed by atoms with E-state index in [-0.39, 0.29) is 0 Å². The highest BCUT2D eigenvalue weighted by molar-refractivity contribution is 5.82. The summed E-state index contributed by atoms with van der Waals surface area (Å²) in [6.07, 6.45) is 0. The molecule has 0 N–H and O–H groups in total. The highest BCUT2D eigenvalue weighted by Crippen LogP contribution is 2.35. The Balaban J connectivity index is 1.01. The smallest absolute Gasteiger partial charge is 0.164 e. The van der Waals surface area contributed by atoms with E-state index in [4.69, 9.17) is 29.9 Å². The van der Waals surface area contributed by atoms with Crippen molar-refractivity contribution in [3.63, 3.8) is 0 Å². The molecule has 0 spiro atoms. The Hall–Kier alpha value is -8.22. The van der Waals surface area contributed by atoms with Crippen LogP contribution in [-0.2, 0) is 0 Å². The quantitative estimate of drug-likeness (QED) is 0.145. The lowest BCUT2D eigenvalue weighted by Crippen LogP contribution is -2.00. The first-order valence-corrected chi connectivity index (χ1v) is 19.9. The highest BCUT2D eigenvalue weighted by atomic mass is 15.0. The van der Waals surface area contributed by atoms with Gasteiger partial charge in [0.05, 0.1) is 0 Å². The maximum atomic E-state index is 4.94. The van der Waals surface area contributed by atoms with E-state index < -0.39 is 0 Å². The van der Waals surface area contributed by atoms with Crippen LogP contribution in [0.5, 0.6) is 0 Å². The lowest BCUT2D eigenvalue weighted by molar-refractivity contribution is 1.07. The Morgan fingerprint density at radius 1 is 0.150 bits per heavy atom. The summed E-state index contributed by atoms with van der Waals surface area (Å²) in [6, 6.07) is 74.5. The average Bonchev–Trinajstić information content (AvgIpc) is 3.35. The van der Waals surface area contributed by atoms with Gasteiger partial charge in [-0.05, 0) is 51.6 Å². The van der Waals surface area contributed by atoms with Crippen LogP contribution in [0.25, 0.3) is 102 Å². The van der Waals surface area contributed by atoms with Crippen molar-refractivity contribution >= 4 is 0 Å². The third-order valence-electron chi connectivity index (χ3n) is 10.4. The van der Waals surface area contributed by atoms with E-state index in [9.17, 15) is 0 Å². The molecule has 2 aromatic heterocycles. The van der Waals surface area contributed by atoms with Gasteiger partial charge in [-0.15, -0.1) is 0 Å². The van der Waals surface area contributed by atoms with Gasteiger partial charge in [0, 0.05) is 33.4 Å². The van der Waals surface area contributed by atoms with E-state index in [0.29, 0.717) is 34.9 Å². The summed E-state index contributed by atoms with van der Waals surface area (Å²) in [5, 5.41) is 0. The predicted molar refractivity (Wildman–Crippen MR) is 242 cm³/mol. The van der Waals surface area contributed by atoms with Crippen LogP contribution in [0, 0.1) is 0 Å². The van der Waals surface area contributed by atoms with Gasteiger partial charge >= 0.3 is 0 Å². The van der Waals surface area contributed by atoms with E-state index in [1.807, 2.05) is 127 Å². The van der Waals surface area contributed by atoms with Crippen molar-refractivity contribution in [2.24, 2.45) is 0 Å². The van der Waals surface area contributed by atoms with Crippen molar-refractivity contribution in [2.45, 2.75) is 0 Å². The van der Waals surface area contributed by atoms with Gasteiger partial charge in [-0.3, -0.25) is 0 Å². The molecule has 0 atom stereocenters. The molecule has 0 unspecified atom stereocenters. The van der Waals surface area contributed by atoms with Crippen molar-refractivity contribution in [3.8, 4) is 102 Å². The Morgan fingerprint density at radius 2 is 0.317 bits per heavy atom. The molecular formula is C54H36N6. The summed E-state index contributed by atoms with van der Waals surface area (Å²) in [7, 11) is 0. The third-order valence-corrected chi connectivity index (χ3v) is 10.4. The van der Waals surface area contributed by atoms with E-state index in [1.165, 1.54) is 0 Å². The molecule has 0 aliphatic carbocycles. The second-order valence-electron chi connectivity index (χ2n) is 14.4. The van der Waals surface area contributed by atoms with Crippen LogP contribution in [0.2, 0.25) is 0 Å². The first-order valence-electron chi connectivity index (χ1n) is 19.9. The number of nitrogens with zero attached hydrogens (tertiary/aromatic N) is 6. The second-order valence-corrected chi connectivity index (χ2v) is 14.4. The molecule has 0 bridgehead atoms. The molecule has 0 saturated heterocycles. The molecule has 282 valence electrons. The van der Waals surface area contributed by atoms with Crippen molar-refractivity contribution in [1.82, 2.24) is 29.9 Å². The lowest BCUT2D eigenvalue weighted by atomic mass is 9.92. The largest absolute Gasteiger partial charge is 0.208 e. The molecule has 10 rings (SSSR count). The molecule has 10 aromatic rings. The summed E-state index contributed by atoms with van der Waals surface area (Å²) in [5.41, 5.74) is 12.2. The molecule has 6 nitrogen and oxygen atoms in total. The third kappa shape index (κ3) is 7.73. The van der Waals surface area contributed by atoms with Crippen molar-refractivity contribution < 1.29 is 0 Å². The lowest BCUT2D eigenvalue weighted by Gasteiger charge is -2.13. The molecule has 2 heterocycles. The first kappa shape index (κ1) is 36.1. The van der Waals surface area contributed by atoms with Crippen LogP contribution in [-0.4, -0.2) is 29.9 Å². The molecule has 0 fully saturated rings. The number of rotatable bonds is 9. The van der Waals surface area contributed by atoms with Gasteiger partial charge in [-0.1, -0.05) is 200 Å². The SMILES string of the molecule is c1ccc(-c2cc(-c3ccc(-c4nc(-c5ccccc5)nc(-c5ccccc5)n4)cc3)cc(-c3ccc(-c4nc(-c5ccccc5)nc(-c5ccccc5)n4)cc3)c2)cc1. The fourth-order valence-corrected chi connectivity index (χ4v) is 7.26. The van der Waals surface area contributed by atoms with E-state index in [2.05, 4.69) is 91.0 Å². The van der Waals surface area contributed by atoms with Crippen LogP contribution in [0.4, 0.5) is 0 Å². The number of aromatic nitrogens is 6. The fraction of sp³-hybridized carbons (Fsp3) is 0.